The third-order valence-electron chi connectivity index (χ3n) is 3.74. The maximum atomic E-state index is 10.5. The van der Waals surface area contributed by atoms with Gasteiger partial charge >= 0.3 is 0 Å². The first-order valence-electron chi connectivity index (χ1n) is 8.39. The van der Waals surface area contributed by atoms with Crippen LogP contribution in [0.25, 0.3) is 0 Å². The number of nitrogens with zero attached hydrogens (tertiary/aromatic N) is 5. The SMILES string of the molecule is Cc1c([N+](=O)[O-])cc([N+](=O)[O-])cc1[N+](=O)[O-].c1ccc(N=Nc2ccccc2)cc1. The predicted molar refractivity (Wildman–Crippen MR) is 108 cm³/mol. The number of rotatable bonds is 5. The molecule has 0 amide bonds. The molecule has 0 aromatic heterocycles. The summed E-state index contributed by atoms with van der Waals surface area (Å²) in [5, 5.41) is 39.7. The van der Waals surface area contributed by atoms with E-state index in [0.29, 0.717) is 12.1 Å². The molecule has 0 unspecified atom stereocenters. The quantitative estimate of drug-likeness (QED) is 0.294. The molecule has 0 spiro atoms. The van der Waals surface area contributed by atoms with Crippen LogP contribution < -0.4 is 0 Å². The Morgan fingerprint density at radius 1 is 0.633 bits per heavy atom. The number of nitro groups is 3. The zero-order valence-electron chi connectivity index (χ0n) is 15.6. The maximum Gasteiger partial charge on any atom is 0.286 e. The molecule has 3 aromatic carbocycles. The molecule has 3 rings (SSSR count). The fraction of sp³-hybridized carbons (Fsp3) is 0.0526. The van der Waals surface area contributed by atoms with E-state index in [9.17, 15) is 30.3 Å². The van der Waals surface area contributed by atoms with Gasteiger partial charge in [0.2, 0.25) is 0 Å². The average molecular weight is 409 g/mol. The van der Waals surface area contributed by atoms with Crippen molar-refractivity contribution in [3.63, 3.8) is 0 Å². The highest BCUT2D eigenvalue weighted by atomic mass is 16.6. The van der Waals surface area contributed by atoms with Gasteiger partial charge in [-0.1, -0.05) is 36.4 Å². The van der Waals surface area contributed by atoms with Crippen LogP contribution in [-0.2, 0) is 0 Å². The zero-order valence-corrected chi connectivity index (χ0v) is 15.6. The van der Waals surface area contributed by atoms with E-state index in [0.717, 1.165) is 11.4 Å². The van der Waals surface area contributed by atoms with Crippen molar-refractivity contribution in [3.8, 4) is 0 Å². The first-order chi connectivity index (χ1) is 14.3. The van der Waals surface area contributed by atoms with Crippen molar-refractivity contribution in [1.29, 1.82) is 0 Å². The van der Waals surface area contributed by atoms with Gasteiger partial charge in [-0.3, -0.25) is 30.3 Å². The molecule has 0 radical (unpaired) electrons. The molecule has 0 aliphatic carbocycles. The van der Waals surface area contributed by atoms with Crippen LogP contribution in [0.2, 0.25) is 0 Å². The van der Waals surface area contributed by atoms with Gasteiger partial charge in [-0.2, -0.15) is 10.2 Å². The van der Waals surface area contributed by atoms with Crippen molar-refractivity contribution in [2.45, 2.75) is 6.92 Å². The smallest absolute Gasteiger partial charge is 0.258 e. The van der Waals surface area contributed by atoms with E-state index in [1.165, 1.54) is 6.92 Å². The third-order valence-corrected chi connectivity index (χ3v) is 3.74. The summed E-state index contributed by atoms with van der Waals surface area (Å²) in [7, 11) is 0. The molecule has 0 aliphatic heterocycles. The van der Waals surface area contributed by atoms with E-state index in [-0.39, 0.29) is 5.56 Å². The second kappa shape index (κ2) is 10.1. The molecule has 0 N–H and O–H groups in total. The van der Waals surface area contributed by atoms with E-state index in [2.05, 4.69) is 10.2 Å². The summed E-state index contributed by atoms with van der Waals surface area (Å²) in [4.78, 5) is 28.8. The molecule has 0 heterocycles. The summed E-state index contributed by atoms with van der Waals surface area (Å²) < 4.78 is 0. The van der Waals surface area contributed by atoms with E-state index in [1.54, 1.807) is 0 Å². The Kier molecular flexibility index (Phi) is 7.34. The summed E-state index contributed by atoms with van der Waals surface area (Å²) in [6.07, 6.45) is 0. The van der Waals surface area contributed by atoms with Crippen molar-refractivity contribution in [2.75, 3.05) is 0 Å². The van der Waals surface area contributed by atoms with E-state index in [4.69, 9.17) is 0 Å². The molecular weight excluding hydrogens is 394 g/mol. The van der Waals surface area contributed by atoms with Crippen LogP contribution in [0.5, 0.6) is 0 Å². The van der Waals surface area contributed by atoms with Crippen LogP contribution in [0.3, 0.4) is 0 Å². The van der Waals surface area contributed by atoms with Crippen molar-refractivity contribution in [1.82, 2.24) is 0 Å². The Morgan fingerprint density at radius 2 is 1.00 bits per heavy atom. The zero-order chi connectivity index (χ0) is 22.1. The molecule has 0 bridgehead atoms. The van der Waals surface area contributed by atoms with Gasteiger partial charge in [-0.15, -0.1) is 0 Å². The number of azo groups is 1. The highest BCUT2D eigenvalue weighted by Crippen LogP contribution is 2.32. The van der Waals surface area contributed by atoms with Crippen LogP contribution in [-0.4, -0.2) is 14.8 Å². The third kappa shape index (κ3) is 5.99. The number of hydrogen-bond donors (Lipinski definition) is 0. The lowest BCUT2D eigenvalue weighted by Crippen LogP contribution is -2.00. The van der Waals surface area contributed by atoms with Gasteiger partial charge in [-0.25, -0.2) is 0 Å². The average Bonchev–Trinajstić information content (AvgIpc) is 2.74. The van der Waals surface area contributed by atoms with Crippen molar-refractivity contribution < 1.29 is 14.8 Å². The lowest BCUT2D eigenvalue weighted by atomic mass is 10.1. The second-order valence-electron chi connectivity index (χ2n) is 5.75. The molecule has 0 saturated heterocycles. The van der Waals surface area contributed by atoms with Gasteiger partial charge in [0.25, 0.3) is 17.1 Å². The van der Waals surface area contributed by atoms with Crippen LogP contribution in [0.15, 0.2) is 83.0 Å². The Hall–Kier alpha value is -4.54. The van der Waals surface area contributed by atoms with Gasteiger partial charge < -0.3 is 0 Å². The highest BCUT2D eigenvalue weighted by Gasteiger charge is 2.27. The fourth-order valence-corrected chi connectivity index (χ4v) is 2.26. The summed E-state index contributed by atoms with van der Waals surface area (Å²) in [6.45, 7) is 1.17. The monoisotopic (exact) mass is 409 g/mol. The summed E-state index contributed by atoms with van der Waals surface area (Å²) in [6, 6.07) is 20.8. The number of non-ortho nitro benzene ring substituents is 1. The Bertz CT molecular complexity index is 1010. The van der Waals surface area contributed by atoms with Gasteiger partial charge in [0.15, 0.2) is 0 Å². The van der Waals surface area contributed by atoms with Crippen molar-refractivity contribution in [3.05, 3.63) is 109 Å². The van der Waals surface area contributed by atoms with Crippen LogP contribution in [0, 0.1) is 37.3 Å². The topological polar surface area (TPSA) is 154 Å². The number of nitro benzene ring substituents is 3. The molecule has 0 fully saturated rings. The predicted octanol–water partition coefficient (Wildman–Crippen LogP) is 5.82. The van der Waals surface area contributed by atoms with E-state index < -0.39 is 31.8 Å². The lowest BCUT2D eigenvalue weighted by molar-refractivity contribution is -0.403. The molecule has 3 aromatic rings. The van der Waals surface area contributed by atoms with Gasteiger partial charge in [-0.05, 0) is 31.2 Å². The molecular formula is C19H15N5O6. The fourth-order valence-electron chi connectivity index (χ4n) is 2.26. The number of hydrogen-bond acceptors (Lipinski definition) is 8. The number of benzene rings is 3. The Morgan fingerprint density at radius 3 is 1.30 bits per heavy atom. The van der Waals surface area contributed by atoms with E-state index in [1.807, 2.05) is 60.7 Å². The van der Waals surface area contributed by atoms with Crippen LogP contribution in [0.1, 0.15) is 5.56 Å². The standard InChI is InChI=1S/C12H10N2.C7H5N3O6/c1-3-7-11(8-4-1)13-14-12-9-5-2-6-10-12;1-4-6(9(13)14)2-5(8(11)12)3-7(4)10(15)16/h1-10H;2-3H,1H3. The van der Waals surface area contributed by atoms with E-state index >= 15 is 0 Å². The molecule has 0 atom stereocenters. The molecule has 30 heavy (non-hydrogen) atoms. The van der Waals surface area contributed by atoms with Gasteiger partial charge in [0, 0.05) is 0 Å². The summed E-state index contributed by atoms with van der Waals surface area (Å²) >= 11 is 0. The van der Waals surface area contributed by atoms with Crippen molar-refractivity contribution in [2.24, 2.45) is 10.2 Å². The lowest BCUT2D eigenvalue weighted by Gasteiger charge is -1.99. The molecule has 11 nitrogen and oxygen atoms in total. The molecule has 11 heteroatoms. The second-order valence-corrected chi connectivity index (χ2v) is 5.75. The summed E-state index contributed by atoms with van der Waals surface area (Å²) in [5.74, 6) is 0. The first-order valence-corrected chi connectivity index (χ1v) is 8.39. The Balaban J connectivity index is 0.000000215. The van der Waals surface area contributed by atoms with Gasteiger partial charge in [0.05, 0.1) is 38.3 Å². The normalized spacial score (nSPS) is 10.2. The van der Waals surface area contributed by atoms with Crippen LogP contribution in [0.4, 0.5) is 28.4 Å². The minimum atomic E-state index is -0.917. The highest BCUT2D eigenvalue weighted by molar-refractivity contribution is 5.59. The largest absolute Gasteiger partial charge is 0.286 e. The summed E-state index contributed by atoms with van der Waals surface area (Å²) in [5.41, 5.74) is -0.417. The Labute approximate surface area is 169 Å². The minimum Gasteiger partial charge on any atom is -0.258 e. The molecule has 0 saturated carbocycles. The van der Waals surface area contributed by atoms with Gasteiger partial charge in [0.1, 0.15) is 5.56 Å². The van der Waals surface area contributed by atoms with Crippen molar-refractivity contribution >= 4 is 28.4 Å². The first kappa shape index (κ1) is 21.8. The molecule has 152 valence electrons. The van der Waals surface area contributed by atoms with Crippen LogP contribution >= 0.6 is 0 Å². The maximum absolute atomic E-state index is 10.5. The minimum absolute atomic E-state index is 0.208. The molecule has 0 aliphatic rings.